The molecule has 8 N–H and O–H groups in total. The lowest BCUT2D eigenvalue weighted by Crippen LogP contribution is -2.60. The minimum atomic E-state index is -1.67. The highest BCUT2D eigenvalue weighted by Gasteiger charge is 2.44. The van der Waals surface area contributed by atoms with Crippen molar-refractivity contribution in [2.75, 3.05) is 13.2 Å². The summed E-state index contributed by atoms with van der Waals surface area (Å²) in [7, 11) is 0. The van der Waals surface area contributed by atoms with Gasteiger partial charge in [-0.3, -0.25) is 4.79 Å². The van der Waals surface area contributed by atoms with Gasteiger partial charge in [-0.25, -0.2) is 0 Å². The predicted molar refractivity (Wildman–Crippen MR) is 316 cm³/mol. The number of amides is 1. The summed E-state index contributed by atoms with van der Waals surface area (Å²) in [4.78, 5) is 13.2. The molecule has 452 valence electrons. The zero-order valence-corrected chi connectivity index (χ0v) is 49.8. The minimum absolute atomic E-state index is 0.260. The van der Waals surface area contributed by atoms with Crippen LogP contribution in [0.4, 0.5) is 0 Å². The SMILES string of the molecule is CCCCCCCCCCCCCCCCCCCCCCCCCC/C=C/CCCC(O)C(O)C(COC1OC(CO)C(O)C(O)C1O)NC(=O)C(O)CCCCCCCCCCCCCCCCCCCCCC. The van der Waals surface area contributed by atoms with Gasteiger partial charge in [0.1, 0.15) is 36.6 Å². The van der Waals surface area contributed by atoms with Crippen molar-refractivity contribution >= 4 is 5.91 Å². The topological polar surface area (TPSA) is 189 Å². The van der Waals surface area contributed by atoms with Crippen molar-refractivity contribution in [2.24, 2.45) is 0 Å². The molecule has 0 aromatic heterocycles. The number of carbonyl (C=O) groups is 1. The Morgan fingerprint density at radius 2 is 0.776 bits per heavy atom. The average Bonchev–Trinajstić information content (AvgIpc) is 3.42. The summed E-state index contributed by atoms with van der Waals surface area (Å²) in [6, 6.07) is -1.18. The molecule has 9 atom stereocenters. The number of carbonyl (C=O) groups excluding carboxylic acids is 1. The van der Waals surface area contributed by atoms with Crippen LogP contribution in [0.15, 0.2) is 12.2 Å². The van der Waals surface area contributed by atoms with Crippen molar-refractivity contribution < 1.29 is 50.0 Å². The Balaban J connectivity index is 2.23. The van der Waals surface area contributed by atoms with E-state index in [1.54, 1.807) is 0 Å². The van der Waals surface area contributed by atoms with Crippen LogP contribution in [0.25, 0.3) is 0 Å². The zero-order valence-electron chi connectivity index (χ0n) is 49.8. The van der Waals surface area contributed by atoms with E-state index in [9.17, 15) is 40.5 Å². The third-order valence-electron chi connectivity index (χ3n) is 16.3. The molecular formula is C65H127NO10. The molecule has 0 saturated carbocycles. The first-order valence-electron chi connectivity index (χ1n) is 33.1. The van der Waals surface area contributed by atoms with Gasteiger partial charge in [0.05, 0.1) is 25.4 Å². The van der Waals surface area contributed by atoms with Gasteiger partial charge in [0, 0.05) is 0 Å². The first-order valence-corrected chi connectivity index (χ1v) is 33.1. The summed E-state index contributed by atoms with van der Waals surface area (Å²) >= 11 is 0. The number of hydrogen-bond acceptors (Lipinski definition) is 10. The molecule has 1 rings (SSSR count). The van der Waals surface area contributed by atoms with Gasteiger partial charge in [-0.15, -0.1) is 0 Å². The Kier molecular flexibility index (Phi) is 52.2. The van der Waals surface area contributed by atoms with E-state index >= 15 is 0 Å². The Labute approximate surface area is 468 Å². The molecule has 9 unspecified atom stereocenters. The van der Waals surface area contributed by atoms with Gasteiger partial charge >= 0.3 is 0 Å². The predicted octanol–water partition coefficient (Wildman–Crippen LogP) is 15.1. The summed E-state index contributed by atoms with van der Waals surface area (Å²) in [5.74, 6) is -0.699. The Morgan fingerprint density at radius 1 is 0.447 bits per heavy atom. The van der Waals surface area contributed by atoms with Crippen molar-refractivity contribution in [1.29, 1.82) is 0 Å². The van der Waals surface area contributed by atoms with Gasteiger partial charge in [-0.05, 0) is 38.5 Å². The Morgan fingerprint density at radius 3 is 1.13 bits per heavy atom. The van der Waals surface area contributed by atoms with E-state index in [0.29, 0.717) is 12.8 Å². The van der Waals surface area contributed by atoms with Crippen LogP contribution in [0.2, 0.25) is 0 Å². The highest BCUT2D eigenvalue weighted by molar-refractivity contribution is 5.80. The molecule has 1 aliphatic heterocycles. The molecule has 0 aromatic carbocycles. The normalized spacial score (nSPS) is 19.6. The number of nitrogens with one attached hydrogen (secondary N) is 1. The van der Waals surface area contributed by atoms with Gasteiger partial charge in [0.25, 0.3) is 0 Å². The van der Waals surface area contributed by atoms with Crippen molar-refractivity contribution in [1.82, 2.24) is 5.32 Å². The molecule has 11 heteroatoms. The number of rotatable bonds is 58. The highest BCUT2D eigenvalue weighted by atomic mass is 16.7. The number of aliphatic hydroxyl groups is 7. The van der Waals surface area contributed by atoms with Gasteiger partial charge in [0.2, 0.25) is 5.91 Å². The first-order chi connectivity index (χ1) is 37.2. The maximum absolute atomic E-state index is 13.2. The standard InChI is InChI=1S/C65H127NO10/c1-3-5-7-9-11-13-15-17-19-21-23-25-26-27-28-29-30-31-32-33-35-36-38-40-42-44-46-48-50-52-57(68)60(70)56(55-75-65-63(73)62(72)61(71)59(54-67)76-65)66-64(74)58(69)53-51-49-47-45-43-41-39-37-34-24-22-20-18-16-14-12-10-8-6-4-2/h44,46,56-63,65,67-73H,3-43,45,47-55H2,1-2H3,(H,66,74)/b46-44+. The number of hydrogen-bond donors (Lipinski definition) is 8. The van der Waals surface area contributed by atoms with Crippen molar-refractivity contribution in [3.8, 4) is 0 Å². The van der Waals surface area contributed by atoms with Crippen LogP contribution in [0.3, 0.4) is 0 Å². The molecule has 1 fully saturated rings. The summed E-state index contributed by atoms with van der Waals surface area (Å²) in [6.07, 6.45) is 54.3. The third-order valence-corrected chi connectivity index (χ3v) is 16.3. The zero-order chi connectivity index (χ0) is 55.4. The van der Waals surface area contributed by atoms with Crippen LogP contribution < -0.4 is 5.32 Å². The van der Waals surface area contributed by atoms with Crippen LogP contribution >= 0.6 is 0 Å². The summed E-state index contributed by atoms with van der Waals surface area (Å²) in [5.41, 5.74) is 0. The maximum Gasteiger partial charge on any atom is 0.249 e. The largest absolute Gasteiger partial charge is 0.394 e. The molecule has 1 heterocycles. The molecule has 0 aromatic rings. The van der Waals surface area contributed by atoms with Crippen LogP contribution in [0, 0.1) is 0 Å². The molecule has 1 saturated heterocycles. The van der Waals surface area contributed by atoms with Crippen LogP contribution in [-0.2, 0) is 14.3 Å². The van der Waals surface area contributed by atoms with Crippen LogP contribution in [0.5, 0.6) is 0 Å². The van der Waals surface area contributed by atoms with Crippen LogP contribution in [-0.4, -0.2) is 110 Å². The number of aliphatic hydroxyl groups excluding tert-OH is 7. The van der Waals surface area contributed by atoms with Gasteiger partial charge in [-0.1, -0.05) is 302 Å². The molecule has 0 spiro atoms. The summed E-state index contributed by atoms with van der Waals surface area (Å²) in [5, 5.41) is 76.3. The van der Waals surface area contributed by atoms with E-state index in [4.69, 9.17) is 9.47 Å². The van der Waals surface area contributed by atoms with Gasteiger partial charge in [-0.2, -0.15) is 0 Å². The molecule has 1 aliphatic rings. The van der Waals surface area contributed by atoms with Gasteiger partial charge in [0.15, 0.2) is 6.29 Å². The lowest BCUT2D eigenvalue weighted by molar-refractivity contribution is -0.303. The summed E-state index contributed by atoms with van der Waals surface area (Å²) in [6.45, 7) is 3.50. The number of allylic oxidation sites excluding steroid dienone is 2. The molecular weight excluding hydrogens is 955 g/mol. The number of unbranched alkanes of at least 4 members (excludes halogenated alkanes) is 44. The summed E-state index contributed by atoms with van der Waals surface area (Å²) < 4.78 is 11.2. The smallest absolute Gasteiger partial charge is 0.249 e. The molecule has 0 radical (unpaired) electrons. The van der Waals surface area contributed by atoms with Gasteiger partial charge < -0.3 is 50.5 Å². The van der Waals surface area contributed by atoms with E-state index in [-0.39, 0.29) is 12.8 Å². The average molecular weight is 1080 g/mol. The van der Waals surface area contributed by atoms with E-state index < -0.39 is 74.2 Å². The van der Waals surface area contributed by atoms with Crippen molar-refractivity contribution in [2.45, 2.75) is 384 Å². The molecule has 0 aliphatic carbocycles. The molecule has 11 nitrogen and oxygen atoms in total. The Hall–Kier alpha value is -1.15. The monoisotopic (exact) mass is 1080 g/mol. The quantitative estimate of drug-likeness (QED) is 0.0215. The molecule has 76 heavy (non-hydrogen) atoms. The second kappa shape index (κ2) is 54.4. The van der Waals surface area contributed by atoms with E-state index in [1.165, 1.54) is 250 Å². The maximum atomic E-state index is 13.2. The molecule has 1 amide bonds. The van der Waals surface area contributed by atoms with E-state index in [0.717, 1.165) is 38.5 Å². The first kappa shape index (κ1) is 72.9. The minimum Gasteiger partial charge on any atom is -0.394 e. The highest BCUT2D eigenvalue weighted by Crippen LogP contribution is 2.24. The second-order valence-electron chi connectivity index (χ2n) is 23.5. The van der Waals surface area contributed by atoms with E-state index in [1.807, 2.05) is 0 Å². The fraction of sp³-hybridized carbons (Fsp3) is 0.954. The fourth-order valence-corrected chi connectivity index (χ4v) is 11.0. The third kappa shape index (κ3) is 41.8. The molecule has 0 bridgehead atoms. The van der Waals surface area contributed by atoms with Crippen molar-refractivity contribution in [3.05, 3.63) is 12.2 Å². The van der Waals surface area contributed by atoms with Crippen LogP contribution in [0.1, 0.15) is 328 Å². The number of ether oxygens (including phenoxy) is 2. The Bertz CT molecular complexity index is 1240. The lowest BCUT2D eigenvalue weighted by atomic mass is 9.98. The second-order valence-corrected chi connectivity index (χ2v) is 23.5. The fourth-order valence-electron chi connectivity index (χ4n) is 11.0. The lowest BCUT2D eigenvalue weighted by Gasteiger charge is -2.40. The van der Waals surface area contributed by atoms with Crippen molar-refractivity contribution in [3.63, 3.8) is 0 Å². The van der Waals surface area contributed by atoms with E-state index in [2.05, 4.69) is 31.3 Å².